The Morgan fingerprint density at radius 3 is 1.62 bits per heavy atom. The van der Waals surface area contributed by atoms with Crippen LogP contribution in [0.25, 0.3) is 0 Å². The first-order chi connectivity index (χ1) is 19.2. The summed E-state index contributed by atoms with van der Waals surface area (Å²) in [7, 11) is 0. The van der Waals surface area contributed by atoms with Crippen molar-refractivity contribution in [3.05, 3.63) is 0 Å². The number of carbonyl (C=O) groups is 5. The van der Waals surface area contributed by atoms with Crippen LogP contribution in [0.4, 0.5) is 0 Å². The molecule has 2 atom stereocenters. The fourth-order valence-electron chi connectivity index (χ4n) is 2.87. The number of amides is 3. The summed E-state index contributed by atoms with van der Waals surface area (Å²) in [6.45, 7) is 2.03. The third-order valence-electron chi connectivity index (χ3n) is 5.09. The first kappa shape index (κ1) is 37.1. The molecule has 0 aliphatic heterocycles. The average molecular weight is 581 g/mol. The van der Waals surface area contributed by atoms with Crippen LogP contribution in [0.15, 0.2) is 0 Å². The molecule has 0 spiro atoms. The molecule has 0 radical (unpaired) electrons. The van der Waals surface area contributed by atoms with Gasteiger partial charge in [0.05, 0.1) is 39.6 Å². The fourth-order valence-corrected chi connectivity index (χ4v) is 2.87. The summed E-state index contributed by atoms with van der Waals surface area (Å²) in [4.78, 5) is 56.3. The molecule has 0 fully saturated rings. The molecule has 1 unspecified atom stereocenters. The second-order valence-corrected chi connectivity index (χ2v) is 8.42. The van der Waals surface area contributed by atoms with Gasteiger partial charge in [-0.25, -0.2) is 5.43 Å². The minimum absolute atomic E-state index is 0.0137. The predicted molar refractivity (Wildman–Crippen MR) is 140 cm³/mol. The van der Waals surface area contributed by atoms with Crippen molar-refractivity contribution in [2.45, 2.75) is 44.2 Å². The number of unbranched alkanes of at least 4 members (excludes halogenated alkanes) is 1. The van der Waals surface area contributed by atoms with Crippen LogP contribution in [0.1, 0.15) is 32.1 Å². The monoisotopic (exact) mass is 580 g/mol. The molecule has 0 aromatic rings. The second-order valence-electron chi connectivity index (χ2n) is 8.42. The van der Waals surface area contributed by atoms with Gasteiger partial charge < -0.3 is 50.8 Å². The van der Waals surface area contributed by atoms with E-state index in [1.807, 2.05) is 0 Å². The van der Waals surface area contributed by atoms with Crippen molar-refractivity contribution >= 4 is 29.7 Å². The van der Waals surface area contributed by atoms with Crippen LogP contribution < -0.4 is 33.0 Å². The largest absolute Gasteiger partial charge is 0.480 e. The maximum atomic E-state index is 11.7. The first-order valence-corrected chi connectivity index (χ1v) is 13.0. The number of nitrogens with two attached hydrogens (primary N) is 2. The number of rotatable bonds is 27. The fraction of sp³-hybridized carbons (Fsp3) is 0.783. The van der Waals surface area contributed by atoms with Gasteiger partial charge in [-0.1, -0.05) is 0 Å². The van der Waals surface area contributed by atoms with Crippen molar-refractivity contribution in [1.29, 1.82) is 0 Å². The zero-order valence-corrected chi connectivity index (χ0v) is 22.7. The van der Waals surface area contributed by atoms with Gasteiger partial charge in [0.2, 0.25) is 17.7 Å². The van der Waals surface area contributed by atoms with E-state index >= 15 is 0 Å². The van der Waals surface area contributed by atoms with E-state index in [0.717, 1.165) is 0 Å². The topological polar surface area (TPSA) is 263 Å². The lowest BCUT2D eigenvalue weighted by Gasteiger charge is -2.11. The lowest BCUT2D eigenvalue weighted by molar-refractivity contribution is -0.140. The van der Waals surface area contributed by atoms with E-state index in [2.05, 4.69) is 21.4 Å². The van der Waals surface area contributed by atoms with Crippen molar-refractivity contribution in [1.82, 2.24) is 21.4 Å². The third-order valence-corrected chi connectivity index (χ3v) is 5.09. The summed E-state index contributed by atoms with van der Waals surface area (Å²) in [5, 5.41) is 25.4. The van der Waals surface area contributed by atoms with E-state index in [-0.39, 0.29) is 96.5 Å². The van der Waals surface area contributed by atoms with Crippen molar-refractivity contribution in [2.75, 3.05) is 72.5 Å². The molecule has 0 aromatic heterocycles. The molecular weight excluding hydrogens is 536 g/mol. The van der Waals surface area contributed by atoms with Crippen LogP contribution in [0.5, 0.6) is 0 Å². The maximum absolute atomic E-state index is 11.7. The zero-order chi connectivity index (χ0) is 30.0. The Balaban J connectivity index is 3.44. The number of carbonyl (C=O) groups excluding carboxylic acids is 3. The van der Waals surface area contributed by atoms with Crippen molar-refractivity contribution in [3.8, 4) is 0 Å². The van der Waals surface area contributed by atoms with Gasteiger partial charge in [0, 0.05) is 26.1 Å². The molecule has 17 heteroatoms. The number of hydrazine groups is 1. The summed E-state index contributed by atoms with van der Waals surface area (Å²) >= 11 is 0. The van der Waals surface area contributed by atoms with Gasteiger partial charge in [0.1, 0.15) is 25.3 Å². The molecule has 0 rings (SSSR count). The minimum atomic E-state index is -1.15. The Labute approximate surface area is 232 Å². The lowest BCUT2D eigenvalue weighted by Crippen LogP contribution is -2.41. The zero-order valence-electron chi connectivity index (χ0n) is 22.7. The molecule has 0 bridgehead atoms. The number of hydrogen-bond acceptors (Lipinski definition) is 12. The second kappa shape index (κ2) is 25.1. The maximum Gasteiger partial charge on any atom is 0.322 e. The van der Waals surface area contributed by atoms with Gasteiger partial charge in [-0.15, -0.1) is 0 Å². The molecule has 0 saturated carbocycles. The number of nitrogens with one attached hydrogen (secondary N) is 4. The lowest BCUT2D eigenvalue weighted by atomic mass is 10.1. The van der Waals surface area contributed by atoms with E-state index in [9.17, 15) is 24.0 Å². The van der Waals surface area contributed by atoms with Crippen LogP contribution >= 0.6 is 0 Å². The quantitative estimate of drug-likeness (QED) is 0.0269. The summed E-state index contributed by atoms with van der Waals surface area (Å²) in [5.74, 6) is 2.06. The number of carboxylic acid groups (broad SMARTS) is 2. The van der Waals surface area contributed by atoms with Crippen LogP contribution in [0, 0.1) is 0 Å². The Morgan fingerprint density at radius 2 is 1.12 bits per heavy atom. The highest BCUT2D eigenvalue weighted by molar-refractivity contribution is 5.78. The number of carboxylic acids is 2. The highest BCUT2D eigenvalue weighted by Gasteiger charge is 2.14. The van der Waals surface area contributed by atoms with Gasteiger partial charge in [-0.2, -0.15) is 0 Å². The average Bonchev–Trinajstić information content (AvgIpc) is 2.91. The first-order valence-electron chi connectivity index (χ1n) is 13.0. The van der Waals surface area contributed by atoms with Crippen molar-refractivity contribution in [2.24, 2.45) is 11.6 Å². The van der Waals surface area contributed by atoms with E-state index < -0.39 is 24.0 Å². The Bertz CT molecular complexity index is 744. The molecule has 0 aliphatic carbocycles. The molecule has 0 aliphatic rings. The highest BCUT2D eigenvalue weighted by atomic mass is 16.5. The normalized spacial score (nSPS) is 12.3. The SMILES string of the molecule is NNC(CCCCNC(=O)COCCOCCNC(=O)COCCOCCNC(=O)CC[C@H](N)C(=O)O)C(=O)O. The Kier molecular flexibility index (Phi) is 23.2. The molecule has 17 nitrogen and oxygen atoms in total. The van der Waals surface area contributed by atoms with Gasteiger partial charge in [0.15, 0.2) is 0 Å². The molecule has 0 heterocycles. The Hall–Kier alpha value is -2.93. The van der Waals surface area contributed by atoms with Crippen LogP contribution in [-0.2, 0) is 42.9 Å². The third kappa shape index (κ3) is 23.0. The molecule has 0 saturated heterocycles. The molecular formula is C23H44N6O11. The summed E-state index contributed by atoms with van der Waals surface area (Å²) in [6.07, 6.45) is 1.63. The summed E-state index contributed by atoms with van der Waals surface area (Å²) in [5.41, 5.74) is 7.54. The number of hydrogen-bond donors (Lipinski definition) is 8. The summed E-state index contributed by atoms with van der Waals surface area (Å²) < 4.78 is 21.0. The standard InChI is InChI=1S/C23H44N6O11/c24-17(22(33)34)4-5-19(30)27-7-9-37-11-14-40-16-21(32)28-8-10-38-12-13-39-15-20(31)26-6-2-1-3-18(29-25)23(35)36/h17-18,29H,1-16,24-25H2,(H,26,31)(H,27,30)(H,28,32)(H,33,34)(H,35,36)/t17-,18?/m0/s1. The number of aliphatic carboxylic acids is 2. The van der Waals surface area contributed by atoms with E-state index in [4.69, 9.17) is 40.7 Å². The molecule has 0 aromatic carbocycles. The summed E-state index contributed by atoms with van der Waals surface area (Å²) in [6, 6.07) is -1.87. The molecule has 40 heavy (non-hydrogen) atoms. The van der Waals surface area contributed by atoms with E-state index in [1.165, 1.54) is 0 Å². The van der Waals surface area contributed by atoms with Gasteiger partial charge in [-0.3, -0.25) is 29.8 Å². The van der Waals surface area contributed by atoms with Gasteiger partial charge >= 0.3 is 11.9 Å². The van der Waals surface area contributed by atoms with Crippen LogP contribution in [0.2, 0.25) is 0 Å². The minimum Gasteiger partial charge on any atom is -0.480 e. The predicted octanol–water partition coefficient (Wildman–Crippen LogP) is -3.32. The van der Waals surface area contributed by atoms with Gasteiger partial charge in [0.25, 0.3) is 0 Å². The van der Waals surface area contributed by atoms with E-state index in [1.54, 1.807) is 0 Å². The number of ether oxygens (including phenoxy) is 4. The molecule has 3 amide bonds. The Morgan fingerprint density at radius 1 is 0.625 bits per heavy atom. The van der Waals surface area contributed by atoms with Gasteiger partial charge in [-0.05, 0) is 25.7 Å². The van der Waals surface area contributed by atoms with Crippen LogP contribution in [-0.4, -0.2) is 124 Å². The van der Waals surface area contributed by atoms with E-state index in [0.29, 0.717) is 25.8 Å². The molecule has 10 N–H and O–H groups in total. The highest BCUT2D eigenvalue weighted by Crippen LogP contribution is 2.00. The van der Waals surface area contributed by atoms with Crippen molar-refractivity contribution < 1.29 is 53.1 Å². The molecule has 232 valence electrons. The smallest absolute Gasteiger partial charge is 0.322 e. The van der Waals surface area contributed by atoms with Crippen LogP contribution in [0.3, 0.4) is 0 Å². The van der Waals surface area contributed by atoms with Crippen molar-refractivity contribution in [3.63, 3.8) is 0 Å².